The Morgan fingerprint density at radius 1 is 1.21 bits per heavy atom. The van der Waals surface area contributed by atoms with Crippen molar-refractivity contribution in [1.82, 2.24) is 0 Å². The van der Waals surface area contributed by atoms with Gasteiger partial charge in [0.25, 0.3) is 0 Å². The van der Waals surface area contributed by atoms with Crippen LogP contribution in [0.25, 0.3) is 0 Å². The van der Waals surface area contributed by atoms with E-state index in [1.54, 1.807) is 0 Å². The minimum atomic E-state index is -5.02. The van der Waals surface area contributed by atoms with Gasteiger partial charge >= 0.3 is 59.1 Å². The van der Waals surface area contributed by atoms with Crippen LogP contribution in [-0.2, 0) is 9.09 Å². The number of para-hydroxylation sites is 1. The molecular formula is C16H23Na2O5P. The van der Waals surface area contributed by atoms with E-state index in [-0.39, 0.29) is 65.0 Å². The SMILES string of the molecule is CC[C@@H](C)c1cccc([C@H](C)C2CC2)c1OCOP(=O)([O-])[O-].[Na+].[Na+]. The van der Waals surface area contributed by atoms with Gasteiger partial charge in [-0.3, -0.25) is 0 Å². The molecule has 2 atom stereocenters. The zero-order valence-corrected chi connectivity index (χ0v) is 20.2. The van der Waals surface area contributed by atoms with Gasteiger partial charge in [0, 0.05) is 0 Å². The summed E-state index contributed by atoms with van der Waals surface area (Å²) in [5.41, 5.74) is 2.10. The standard InChI is InChI=1S/C16H25O5P.2Na/c1-4-11(2)14-6-5-7-15(12(3)13-8-9-13)16(14)20-10-21-22(17,18)19;;/h5-7,11-13H,4,8-10H2,1-3H3,(H2,17,18,19);;/q;2*+1/p-2/t11-,12-;;/m1../s1. The Bertz CT molecular complexity index is 559. The molecule has 5 nitrogen and oxygen atoms in total. The van der Waals surface area contributed by atoms with E-state index < -0.39 is 14.6 Å². The van der Waals surface area contributed by atoms with Gasteiger partial charge in [0.1, 0.15) is 5.75 Å². The predicted octanol–water partition coefficient (Wildman–Crippen LogP) is -3.10. The second kappa shape index (κ2) is 11.1. The molecule has 0 saturated heterocycles. The van der Waals surface area contributed by atoms with E-state index in [0.717, 1.165) is 17.5 Å². The molecule has 2 rings (SSSR count). The van der Waals surface area contributed by atoms with Crippen LogP contribution in [0.5, 0.6) is 5.75 Å². The van der Waals surface area contributed by atoms with Gasteiger partial charge in [-0.05, 0) is 48.1 Å². The van der Waals surface area contributed by atoms with Crippen molar-refractivity contribution < 1.29 is 82.7 Å². The molecular weight excluding hydrogens is 349 g/mol. The van der Waals surface area contributed by atoms with Gasteiger partial charge in [-0.1, -0.05) is 39.0 Å². The van der Waals surface area contributed by atoms with Crippen LogP contribution in [0.15, 0.2) is 18.2 Å². The van der Waals surface area contributed by atoms with E-state index in [9.17, 15) is 14.4 Å². The third kappa shape index (κ3) is 7.40. The number of phosphoric acid groups is 1. The number of hydrogen-bond acceptors (Lipinski definition) is 5. The van der Waals surface area contributed by atoms with Crippen molar-refractivity contribution in [1.29, 1.82) is 0 Å². The van der Waals surface area contributed by atoms with Gasteiger partial charge < -0.3 is 23.6 Å². The van der Waals surface area contributed by atoms with Gasteiger partial charge in [-0.25, -0.2) is 0 Å². The summed E-state index contributed by atoms with van der Waals surface area (Å²) in [5.74, 6) is 1.96. The summed E-state index contributed by atoms with van der Waals surface area (Å²) in [7, 11) is -5.02. The molecule has 8 heteroatoms. The number of phosphoric ester groups is 1. The Labute approximate surface area is 188 Å². The number of rotatable bonds is 8. The minimum absolute atomic E-state index is 0. The van der Waals surface area contributed by atoms with E-state index in [4.69, 9.17) is 4.74 Å². The maximum absolute atomic E-state index is 10.6. The van der Waals surface area contributed by atoms with Crippen molar-refractivity contribution in [2.24, 2.45) is 5.92 Å². The zero-order chi connectivity index (χ0) is 16.3. The summed E-state index contributed by atoms with van der Waals surface area (Å²) in [4.78, 5) is 21.2. The molecule has 1 aliphatic rings. The Balaban J connectivity index is 0.00000264. The molecule has 1 aromatic rings. The first-order chi connectivity index (χ1) is 10.3. The summed E-state index contributed by atoms with van der Waals surface area (Å²) in [6.07, 6.45) is 3.36. The number of ether oxygens (including phenoxy) is 1. The molecule has 0 heterocycles. The molecule has 1 aliphatic carbocycles. The zero-order valence-electron chi connectivity index (χ0n) is 15.3. The molecule has 1 saturated carbocycles. The molecule has 24 heavy (non-hydrogen) atoms. The molecule has 0 aliphatic heterocycles. The molecule has 0 spiro atoms. The molecule has 0 amide bonds. The second-order valence-corrected chi connectivity index (χ2v) is 7.19. The van der Waals surface area contributed by atoms with Crippen LogP contribution in [-0.4, -0.2) is 6.79 Å². The average Bonchev–Trinajstić information content (AvgIpc) is 3.29. The first-order valence-corrected chi connectivity index (χ1v) is 9.21. The Hall–Kier alpha value is 1.13. The number of benzene rings is 1. The van der Waals surface area contributed by atoms with E-state index in [1.807, 2.05) is 18.2 Å². The van der Waals surface area contributed by atoms with Crippen LogP contribution in [0.1, 0.15) is 63.0 Å². The monoisotopic (exact) mass is 372 g/mol. The van der Waals surface area contributed by atoms with Gasteiger partial charge in [-0.15, -0.1) is 0 Å². The van der Waals surface area contributed by atoms with Crippen molar-refractivity contribution in [2.45, 2.75) is 51.9 Å². The maximum Gasteiger partial charge on any atom is 1.00 e. The van der Waals surface area contributed by atoms with Crippen LogP contribution in [0.3, 0.4) is 0 Å². The maximum atomic E-state index is 10.6. The largest absolute Gasteiger partial charge is 1.00 e. The molecule has 1 fully saturated rings. The third-order valence-corrected chi connectivity index (χ3v) is 4.87. The Kier molecular flexibility index (Phi) is 11.6. The molecule has 0 N–H and O–H groups in total. The second-order valence-electron chi connectivity index (χ2n) is 6.04. The topological polar surface area (TPSA) is 81.7 Å². The quantitative estimate of drug-likeness (QED) is 0.274. The van der Waals surface area contributed by atoms with Gasteiger partial charge in [0.05, 0.1) is 7.82 Å². The molecule has 0 bridgehead atoms. The smallest absolute Gasteiger partial charge is 0.790 e. The van der Waals surface area contributed by atoms with E-state index in [2.05, 4.69) is 25.3 Å². The molecule has 124 valence electrons. The predicted molar refractivity (Wildman–Crippen MR) is 80.5 cm³/mol. The van der Waals surface area contributed by atoms with Crippen LogP contribution in [0.2, 0.25) is 0 Å². The van der Waals surface area contributed by atoms with E-state index in [1.165, 1.54) is 12.8 Å². The third-order valence-electron chi connectivity index (χ3n) is 4.45. The fourth-order valence-electron chi connectivity index (χ4n) is 2.71. The average molecular weight is 372 g/mol. The van der Waals surface area contributed by atoms with Gasteiger partial charge in [0.2, 0.25) is 0 Å². The van der Waals surface area contributed by atoms with Crippen molar-refractivity contribution in [3.8, 4) is 5.75 Å². The van der Waals surface area contributed by atoms with Crippen molar-refractivity contribution >= 4 is 7.82 Å². The van der Waals surface area contributed by atoms with Crippen molar-refractivity contribution in [3.63, 3.8) is 0 Å². The van der Waals surface area contributed by atoms with Crippen LogP contribution < -0.4 is 73.6 Å². The van der Waals surface area contributed by atoms with Crippen LogP contribution in [0.4, 0.5) is 0 Å². The molecule has 0 aromatic heterocycles. The van der Waals surface area contributed by atoms with Gasteiger partial charge in [-0.2, -0.15) is 0 Å². The molecule has 0 radical (unpaired) electrons. The number of hydrogen-bond donors (Lipinski definition) is 0. The van der Waals surface area contributed by atoms with Crippen LogP contribution >= 0.6 is 7.82 Å². The summed E-state index contributed by atoms with van der Waals surface area (Å²) in [6, 6.07) is 6.01. The summed E-state index contributed by atoms with van der Waals surface area (Å²) < 4.78 is 20.4. The van der Waals surface area contributed by atoms with Crippen LogP contribution in [0, 0.1) is 5.92 Å². The fraction of sp³-hybridized carbons (Fsp3) is 0.625. The Morgan fingerprint density at radius 2 is 1.79 bits per heavy atom. The van der Waals surface area contributed by atoms with E-state index >= 15 is 0 Å². The normalized spacial score (nSPS) is 16.5. The fourth-order valence-corrected chi connectivity index (χ4v) is 2.89. The minimum Gasteiger partial charge on any atom is -0.790 e. The first kappa shape index (κ1) is 25.1. The summed E-state index contributed by atoms with van der Waals surface area (Å²) in [5, 5.41) is 0. The summed E-state index contributed by atoms with van der Waals surface area (Å²) >= 11 is 0. The first-order valence-electron chi connectivity index (χ1n) is 7.75. The van der Waals surface area contributed by atoms with Crippen molar-refractivity contribution in [3.05, 3.63) is 29.3 Å². The van der Waals surface area contributed by atoms with Crippen molar-refractivity contribution in [2.75, 3.05) is 6.79 Å². The molecule has 0 unspecified atom stereocenters. The summed E-state index contributed by atoms with van der Waals surface area (Å²) in [6.45, 7) is 5.78. The van der Waals surface area contributed by atoms with E-state index in [0.29, 0.717) is 17.6 Å². The van der Waals surface area contributed by atoms with Gasteiger partial charge in [0.15, 0.2) is 6.79 Å². The molecule has 1 aromatic carbocycles. The Morgan fingerprint density at radius 3 is 2.29 bits per heavy atom.